The Morgan fingerprint density at radius 3 is 2.57 bits per heavy atom. The van der Waals surface area contributed by atoms with E-state index in [1.165, 1.54) is 50.2 Å². The molecule has 0 radical (unpaired) electrons. The lowest BCUT2D eigenvalue weighted by Gasteiger charge is -2.32. The van der Waals surface area contributed by atoms with Crippen LogP contribution in [0.5, 0.6) is 0 Å². The summed E-state index contributed by atoms with van der Waals surface area (Å²) in [6.07, 6.45) is 4.95. The average Bonchev–Trinajstić information content (AvgIpc) is 2.55. The van der Waals surface area contributed by atoms with E-state index >= 15 is 0 Å². The molecule has 0 aliphatic carbocycles. The van der Waals surface area contributed by atoms with Crippen molar-refractivity contribution in [3.8, 4) is 0 Å². The fourth-order valence-corrected chi connectivity index (χ4v) is 3.11. The Morgan fingerprint density at radius 1 is 1.22 bits per heavy atom. The van der Waals surface area contributed by atoms with Crippen LogP contribution >= 0.6 is 0 Å². The summed E-state index contributed by atoms with van der Waals surface area (Å²) in [5, 5.41) is 3.65. The number of nitrogens with one attached hydrogen (secondary N) is 1. The van der Waals surface area contributed by atoms with Crippen molar-refractivity contribution in [1.82, 2.24) is 15.1 Å². The fourth-order valence-electron chi connectivity index (χ4n) is 3.11. The minimum Gasteiger partial charge on any atom is -0.313 e. The van der Waals surface area contributed by atoms with Gasteiger partial charge in [0.2, 0.25) is 0 Å². The first-order valence-corrected chi connectivity index (χ1v) is 8.93. The van der Waals surface area contributed by atoms with Gasteiger partial charge in [0.1, 0.15) is 0 Å². The molecule has 1 saturated heterocycles. The van der Waals surface area contributed by atoms with E-state index in [4.69, 9.17) is 0 Å². The SMILES string of the molecule is C/C(=C\c1ccccc1)CNCC1CCN(CCN(C)C)CC1. The van der Waals surface area contributed by atoms with Gasteiger partial charge in [0.15, 0.2) is 0 Å². The number of hydrogen-bond acceptors (Lipinski definition) is 3. The standard InChI is InChI=1S/C20H33N3/c1-18(15-19-7-5-4-6-8-19)16-21-17-20-9-11-23(12-10-20)14-13-22(2)3/h4-8,15,20-21H,9-14,16-17H2,1-3H3/b18-15+. The lowest BCUT2D eigenvalue weighted by molar-refractivity contribution is 0.169. The number of rotatable bonds is 8. The second-order valence-corrected chi connectivity index (χ2v) is 7.12. The predicted octanol–water partition coefficient (Wildman–Crippen LogP) is 2.95. The largest absolute Gasteiger partial charge is 0.313 e. The smallest absolute Gasteiger partial charge is 0.0165 e. The molecule has 3 heteroatoms. The Balaban J connectivity index is 1.61. The third-order valence-corrected chi connectivity index (χ3v) is 4.62. The second kappa shape index (κ2) is 9.86. The highest BCUT2D eigenvalue weighted by Gasteiger charge is 2.18. The van der Waals surface area contributed by atoms with E-state index in [0.717, 1.165) is 19.0 Å². The van der Waals surface area contributed by atoms with E-state index in [1.54, 1.807) is 0 Å². The van der Waals surface area contributed by atoms with Gasteiger partial charge in [-0.2, -0.15) is 0 Å². The summed E-state index contributed by atoms with van der Waals surface area (Å²) in [6, 6.07) is 10.6. The first-order valence-electron chi connectivity index (χ1n) is 8.93. The molecule has 1 aromatic carbocycles. The fraction of sp³-hybridized carbons (Fsp3) is 0.600. The summed E-state index contributed by atoms with van der Waals surface area (Å²) in [6.45, 7) is 9.28. The number of benzene rings is 1. The summed E-state index contributed by atoms with van der Waals surface area (Å²) < 4.78 is 0. The highest BCUT2D eigenvalue weighted by molar-refractivity contribution is 5.52. The number of piperidine rings is 1. The van der Waals surface area contributed by atoms with Gasteiger partial charge in [0, 0.05) is 19.6 Å². The summed E-state index contributed by atoms with van der Waals surface area (Å²) >= 11 is 0. The molecule has 1 heterocycles. The molecule has 0 atom stereocenters. The molecule has 1 aromatic rings. The molecule has 1 aliphatic heterocycles. The van der Waals surface area contributed by atoms with Crippen LogP contribution in [0, 0.1) is 5.92 Å². The Kier molecular flexibility index (Phi) is 7.80. The highest BCUT2D eigenvalue weighted by atomic mass is 15.2. The van der Waals surface area contributed by atoms with Crippen molar-refractivity contribution < 1.29 is 0 Å². The normalized spacial score (nSPS) is 17.8. The van der Waals surface area contributed by atoms with Crippen LogP contribution in [0.3, 0.4) is 0 Å². The van der Waals surface area contributed by atoms with E-state index in [9.17, 15) is 0 Å². The van der Waals surface area contributed by atoms with Gasteiger partial charge in [-0.25, -0.2) is 0 Å². The Labute approximate surface area is 142 Å². The molecule has 1 N–H and O–H groups in total. The number of hydrogen-bond donors (Lipinski definition) is 1. The molecule has 1 fully saturated rings. The van der Waals surface area contributed by atoms with Gasteiger partial charge in [0.05, 0.1) is 0 Å². The van der Waals surface area contributed by atoms with Gasteiger partial charge in [0.25, 0.3) is 0 Å². The van der Waals surface area contributed by atoms with Crippen molar-refractivity contribution in [2.45, 2.75) is 19.8 Å². The Morgan fingerprint density at radius 2 is 1.91 bits per heavy atom. The molecule has 0 saturated carbocycles. The van der Waals surface area contributed by atoms with Crippen LogP contribution in [0.2, 0.25) is 0 Å². The lowest BCUT2D eigenvalue weighted by Crippen LogP contribution is -2.40. The van der Waals surface area contributed by atoms with Crippen LogP contribution in [0.25, 0.3) is 6.08 Å². The molecule has 3 nitrogen and oxygen atoms in total. The molecule has 0 unspecified atom stereocenters. The van der Waals surface area contributed by atoms with E-state index in [0.29, 0.717) is 0 Å². The minimum atomic E-state index is 0.843. The van der Waals surface area contributed by atoms with Gasteiger partial charge in [-0.1, -0.05) is 42.0 Å². The third kappa shape index (κ3) is 7.30. The van der Waals surface area contributed by atoms with E-state index < -0.39 is 0 Å². The average molecular weight is 316 g/mol. The van der Waals surface area contributed by atoms with Crippen molar-refractivity contribution in [2.24, 2.45) is 5.92 Å². The molecule has 0 aromatic heterocycles. The molecule has 0 spiro atoms. The first kappa shape index (κ1) is 18.2. The van der Waals surface area contributed by atoms with E-state index in [1.807, 2.05) is 0 Å². The Bertz CT molecular complexity index is 459. The van der Waals surface area contributed by atoms with Gasteiger partial charge < -0.3 is 15.1 Å². The summed E-state index contributed by atoms with van der Waals surface area (Å²) in [5.74, 6) is 0.843. The monoisotopic (exact) mass is 315 g/mol. The van der Waals surface area contributed by atoms with Crippen LogP contribution < -0.4 is 5.32 Å². The van der Waals surface area contributed by atoms with Crippen LogP contribution in [-0.4, -0.2) is 63.2 Å². The van der Waals surface area contributed by atoms with Gasteiger partial charge in [-0.3, -0.25) is 0 Å². The van der Waals surface area contributed by atoms with Gasteiger partial charge in [-0.15, -0.1) is 0 Å². The van der Waals surface area contributed by atoms with Crippen molar-refractivity contribution in [3.05, 3.63) is 41.5 Å². The quantitative estimate of drug-likeness (QED) is 0.796. The zero-order valence-electron chi connectivity index (χ0n) is 15.1. The van der Waals surface area contributed by atoms with Gasteiger partial charge >= 0.3 is 0 Å². The first-order chi connectivity index (χ1) is 11.1. The molecule has 1 aliphatic rings. The Hall–Kier alpha value is -1.16. The van der Waals surface area contributed by atoms with Crippen LogP contribution in [0.1, 0.15) is 25.3 Å². The van der Waals surface area contributed by atoms with E-state index in [-0.39, 0.29) is 0 Å². The van der Waals surface area contributed by atoms with Crippen LogP contribution in [0.15, 0.2) is 35.9 Å². The number of nitrogens with zero attached hydrogens (tertiary/aromatic N) is 2. The third-order valence-electron chi connectivity index (χ3n) is 4.62. The van der Waals surface area contributed by atoms with Crippen molar-refractivity contribution in [3.63, 3.8) is 0 Å². The van der Waals surface area contributed by atoms with Crippen molar-refractivity contribution in [2.75, 3.05) is 53.4 Å². The summed E-state index contributed by atoms with van der Waals surface area (Å²) in [4.78, 5) is 4.88. The molecular weight excluding hydrogens is 282 g/mol. The maximum Gasteiger partial charge on any atom is 0.0165 e. The molecule has 128 valence electrons. The molecule has 0 amide bonds. The maximum atomic E-state index is 3.65. The van der Waals surface area contributed by atoms with E-state index in [2.05, 4.69) is 72.5 Å². The predicted molar refractivity (Wildman–Crippen MR) is 101 cm³/mol. The maximum absolute atomic E-state index is 3.65. The summed E-state index contributed by atoms with van der Waals surface area (Å²) in [7, 11) is 4.31. The minimum absolute atomic E-state index is 0.843. The molecular formula is C20H33N3. The molecule has 2 rings (SSSR count). The van der Waals surface area contributed by atoms with Crippen molar-refractivity contribution in [1.29, 1.82) is 0 Å². The second-order valence-electron chi connectivity index (χ2n) is 7.12. The van der Waals surface area contributed by atoms with Crippen LogP contribution in [0.4, 0.5) is 0 Å². The zero-order valence-corrected chi connectivity index (χ0v) is 15.1. The highest BCUT2D eigenvalue weighted by Crippen LogP contribution is 2.16. The number of likely N-dealkylation sites (tertiary alicyclic amines) is 1. The lowest BCUT2D eigenvalue weighted by atomic mass is 9.96. The van der Waals surface area contributed by atoms with Gasteiger partial charge in [-0.05, 0) is 65.0 Å². The summed E-state index contributed by atoms with van der Waals surface area (Å²) in [5.41, 5.74) is 2.70. The molecule has 0 bridgehead atoms. The topological polar surface area (TPSA) is 18.5 Å². The van der Waals surface area contributed by atoms with Crippen LogP contribution in [-0.2, 0) is 0 Å². The molecule has 23 heavy (non-hydrogen) atoms. The zero-order chi connectivity index (χ0) is 16.5. The number of likely N-dealkylation sites (N-methyl/N-ethyl adjacent to an activating group) is 1. The van der Waals surface area contributed by atoms with Crippen molar-refractivity contribution >= 4 is 6.08 Å².